The van der Waals surface area contributed by atoms with Crippen LogP contribution in [-0.2, 0) is 18.3 Å². The Labute approximate surface area is 124 Å². The Kier molecular flexibility index (Phi) is 3.12. The summed E-state index contributed by atoms with van der Waals surface area (Å²) in [6.45, 7) is 11.9. The van der Waals surface area contributed by atoms with Crippen LogP contribution in [0.3, 0.4) is 0 Å². The van der Waals surface area contributed by atoms with Crippen LogP contribution >= 0.6 is 0 Å². The highest BCUT2D eigenvalue weighted by Crippen LogP contribution is 2.55. The van der Waals surface area contributed by atoms with E-state index in [2.05, 4.69) is 58.9 Å². The maximum Gasteiger partial charge on any atom is -0.000160 e. The van der Waals surface area contributed by atoms with Crippen molar-refractivity contribution in [3.05, 3.63) is 46.5 Å². The molecule has 108 valence electrons. The van der Waals surface area contributed by atoms with Gasteiger partial charge < -0.3 is 0 Å². The SMILES string of the molecule is CCc1c(C)ccc2c1CC[C@H]1C(C)(C)C=CC[C@]21C. The third-order valence-electron chi connectivity index (χ3n) is 6.07. The molecule has 2 aliphatic rings. The van der Waals surface area contributed by atoms with Crippen molar-refractivity contribution < 1.29 is 0 Å². The minimum absolute atomic E-state index is 0.335. The van der Waals surface area contributed by atoms with Crippen LogP contribution in [-0.4, -0.2) is 0 Å². The van der Waals surface area contributed by atoms with Gasteiger partial charge in [-0.2, -0.15) is 0 Å². The number of hydrogen-bond acceptors (Lipinski definition) is 0. The number of hydrogen-bond donors (Lipinski definition) is 0. The van der Waals surface area contributed by atoms with Crippen molar-refractivity contribution in [2.24, 2.45) is 11.3 Å². The highest BCUT2D eigenvalue weighted by molar-refractivity contribution is 5.48. The zero-order chi connectivity index (χ0) is 14.5. The standard InChI is InChI=1S/C20H28/c1-6-15-14(2)8-10-17-16(15)9-11-18-19(3,4)12-7-13-20(17,18)5/h7-8,10,12,18H,6,9,11,13H2,1-5H3/t18-,20+/m0/s1. The average Bonchev–Trinajstić information content (AvgIpc) is 2.37. The average molecular weight is 268 g/mol. The van der Waals surface area contributed by atoms with Gasteiger partial charge in [0.1, 0.15) is 0 Å². The molecule has 0 amide bonds. The van der Waals surface area contributed by atoms with Crippen LogP contribution in [0.5, 0.6) is 0 Å². The van der Waals surface area contributed by atoms with Crippen molar-refractivity contribution in [3.8, 4) is 0 Å². The summed E-state index contributed by atoms with van der Waals surface area (Å²) in [5.41, 5.74) is 7.10. The molecule has 0 saturated carbocycles. The molecule has 0 nitrogen and oxygen atoms in total. The van der Waals surface area contributed by atoms with Gasteiger partial charge in [-0.25, -0.2) is 0 Å². The van der Waals surface area contributed by atoms with E-state index in [0.717, 1.165) is 5.92 Å². The number of benzene rings is 1. The Morgan fingerprint density at radius 2 is 1.95 bits per heavy atom. The van der Waals surface area contributed by atoms with Crippen LogP contribution < -0.4 is 0 Å². The van der Waals surface area contributed by atoms with Crippen LogP contribution in [0.25, 0.3) is 0 Å². The Morgan fingerprint density at radius 1 is 1.20 bits per heavy atom. The highest BCUT2D eigenvalue weighted by Gasteiger charge is 2.48. The van der Waals surface area contributed by atoms with Gasteiger partial charge in [-0.3, -0.25) is 0 Å². The van der Waals surface area contributed by atoms with Crippen LogP contribution in [0.4, 0.5) is 0 Å². The lowest BCUT2D eigenvalue weighted by Crippen LogP contribution is -2.46. The smallest absolute Gasteiger partial charge is 0.000160 e. The number of rotatable bonds is 1. The number of allylic oxidation sites excluding steroid dienone is 2. The molecule has 20 heavy (non-hydrogen) atoms. The Morgan fingerprint density at radius 3 is 2.65 bits per heavy atom. The van der Waals surface area contributed by atoms with Crippen molar-refractivity contribution in [1.82, 2.24) is 0 Å². The van der Waals surface area contributed by atoms with E-state index in [4.69, 9.17) is 0 Å². The second-order valence-corrected chi connectivity index (χ2v) is 7.68. The van der Waals surface area contributed by atoms with E-state index in [1.54, 1.807) is 16.7 Å². The van der Waals surface area contributed by atoms with Gasteiger partial charge in [0, 0.05) is 0 Å². The van der Waals surface area contributed by atoms with Gasteiger partial charge in [-0.1, -0.05) is 52.0 Å². The first kappa shape index (κ1) is 13.9. The zero-order valence-corrected chi connectivity index (χ0v) is 13.7. The van der Waals surface area contributed by atoms with E-state index >= 15 is 0 Å². The zero-order valence-electron chi connectivity index (χ0n) is 13.7. The van der Waals surface area contributed by atoms with Gasteiger partial charge in [0.2, 0.25) is 0 Å². The van der Waals surface area contributed by atoms with Crippen LogP contribution in [0.2, 0.25) is 0 Å². The van der Waals surface area contributed by atoms with Gasteiger partial charge in [0.05, 0.1) is 0 Å². The lowest BCUT2D eigenvalue weighted by atomic mass is 9.52. The first-order valence-electron chi connectivity index (χ1n) is 8.19. The second kappa shape index (κ2) is 4.48. The first-order chi connectivity index (χ1) is 9.40. The van der Waals surface area contributed by atoms with E-state index < -0.39 is 0 Å². The van der Waals surface area contributed by atoms with Crippen LogP contribution in [0.1, 0.15) is 62.8 Å². The predicted molar refractivity (Wildman–Crippen MR) is 87.3 cm³/mol. The quantitative estimate of drug-likeness (QED) is 0.601. The molecule has 2 aliphatic carbocycles. The van der Waals surface area contributed by atoms with Crippen molar-refractivity contribution in [2.45, 2.75) is 65.7 Å². The Hall–Kier alpha value is -1.04. The molecule has 2 atom stereocenters. The van der Waals surface area contributed by atoms with Crippen LogP contribution in [0, 0.1) is 18.3 Å². The number of aryl methyl sites for hydroxylation is 1. The molecule has 0 bridgehead atoms. The molecule has 1 aromatic carbocycles. The summed E-state index contributed by atoms with van der Waals surface area (Å²) in [6, 6.07) is 4.79. The fraction of sp³-hybridized carbons (Fsp3) is 0.600. The number of fused-ring (bicyclic) bond motifs is 3. The van der Waals surface area contributed by atoms with Gasteiger partial charge in [-0.05, 0) is 71.6 Å². The molecular weight excluding hydrogens is 240 g/mol. The molecule has 0 aliphatic heterocycles. The first-order valence-corrected chi connectivity index (χ1v) is 8.19. The lowest BCUT2D eigenvalue weighted by Gasteiger charge is -2.52. The van der Waals surface area contributed by atoms with Crippen molar-refractivity contribution >= 4 is 0 Å². The highest BCUT2D eigenvalue weighted by atomic mass is 14.5. The van der Waals surface area contributed by atoms with Crippen molar-refractivity contribution in [2.75, 3.05) is 0 Å². The summed E-state index contributed by atoms with van der Waals surface area (Å²) >= 11 is 0. The molecular formula is C20H28. The summed E-state index contributed by atoms with van der Waals surface area (Å²) in [7, 11) is 0. The molecule has 0 aromatic heterocycles. The topological polar surface area (TPSA) is 0 Å². The Bertz CT molecular complexity index is 562. The van der Waals surface area contributed by atoms with Gasteiger partial charge in [0.15, 0.2) is 0 Å². The van der Waals surface area contributed by atoms with Gasteiger partial charge >= 0.3 is 0 Å². The second-order valence-electron chi connectivity index (χ2n) is 7.68. The summed E-state index contributed by atoms with van der Waals surface area (Å²) in [5, 5.41) is 0. The van der Waals surface area contributed by atoms with E-state index in [1.165, 1.54) is 31.2 Å². The molecule has 0 spiro atoms. The maximum atomic E-state index is 2.51. The predicted octanol–water partition coefficient (Wildman–Crippen LogP) is 5.36. The molecule has 0 saturated heterocycles. The summed E-state index contributed by atoms with van der Waals surface area (Å²) in [5.74, 6) is 0.778. The van der Waals surface area contributed by atoms with E-state index in [-0.39, 0.29) is 0 Å². The van der Waals surface area contributed by atoms with E-state index in [0.29, 0.717) is 10.8 Å². The fourth-order valence-electron chi connectivity index (χ4n) is 5.09. The van der Waals surface area contributed by atoms with Crippen molar-refractivity contribution in [1.29, 1.82) is 0 Å². The summed E-state index contributed by atoms with van der Waals surface area (Å²) < 4.78 is 0. The monoisotopic (exact) mass is 268 g/mol. The minimum Gasteiger partial charge on any atom is -0.0871 e. The fourth-order valence-corrected chi connectivity index (χ4v) is 5.09. The third-order valence-corrected chi connectivity index (χ3v) is 6.07. The van der Waals surface area contributed by atoms with E-state index in [1.807, 2.05) is 0 Å². The largest absolute Gasteiger partial charge is 0.0871 e. The molecule has 0 heterocycles. The van der Waals surface area contributed by atoms with Crippen LogP contribution in [0.15, 0.2) is 24.3 Å². The molecule has 3 rings (SSSR count). The van der Waals surface area contributed by atoms with E-state index in [9.17, 15) is 0 Å². The van der Waals surface area contributed by atoms with Crippen molar-refractivity contribution in [3.63, 3.8) is 0 Å². The van der Waals surface area contributed by atoms with Gasteiger partial charge in [-0.15, -0.1) is 0 Å². The molecule has 0 N–H and O–H groups in total. The molecule has 0 radical (unpaired) electrons. The molecule has 0 fully saturated rings. The summed E-state index contributed by atoms with van der Waals surface area (Å²) in [4.78, 5) is 0. The van der Waals surface area contributed by atoms with Gasteiger partial charge in [0.25, 0.3) is 0 Å². The molecule has 1 aromatic rings. The molecule has 0 unspecified atom stereocenters. The molecule has 0 heteroatoms. The Balaban J connectivity index is 2.19. The normalized spacial score (nSPS) is 30.8. The minimum atomic E-state index is 0.335. The maximum absolute atomic E-state index is 2.51. The third kappa shape index (κ3) is 1.80. The lowest BCUT2D eigenvalue weighted by molar-refractivity contribution is 0.125. The summed E-state index contributed by atoms with van der Waals surface area (Å²) in [6.07, 6.45) is 9.89.